The zero-order valence-electron chi connectivity index (χ0n) is 17.2. The van der Waals surface area contributed by atoms with Gasteiger partial charge in [0, 0.05) is 0 Å². The van der Waals surface area contributed by atoms with Crippen molar-refractivity contribution in [1.29, 1.82) is 0 Å². The molecule has 1 heterocycles. The van der Waals surface area contributed by atoms with Crippen molar-refractivity contribution in [3.63, 3.8) is 0 Å². The fourth-order valence-corrected chi connectivity index (χ4v) is 5.17. The summed E-state index contributed by atoms with van der Waals surface area (Å²) in [5.74, 6) is -0.633. The summed E-state index contributed by atoms with van der Waals surface area (Å²) in [4.78, 5) is 24.5. The number of rotatable bonds is 12. The maximum absolute atomic E-state index is 12.9. The Balaban J connectivity index is 1.69. The number of thiophene rings is 1. The molecule has 7 nitrogen and oxygen atoms in total. The summed E-state index contributed by atoms with van der Waals surface area (Å²) < 4.78 is 33.5. The fourth-order valence-electron chi connectivity index (χ4n) is 2.98. The Hall–Kier alpha value is -2.85. The number of nitrogens with one attached hydrogen (secondary N) is 2. The summed E-state index contributed by atoms with van der Waals surface area (Å²) in [6.07, 6.45) is 0.936. The molecule has 3 aromatic rings. The number of ether oxygens (including phenoxy) is 1. The third kappa shape index (κ3) is 7.10. The van der Waals surface area contributed by atoms with Gasteiger partial charge in [0.25, 0.3) is 10.0 Å². The van der Waals surface area contributed by atoms with E-state index in [2.05, 4.69) is 10.0 Å². The summed E-state index contributed by atoms with van der Waals surface area (Å²) >= 11 is 1.05. The number of aldehydes is 1. The van der Waals surface area contributed by atoms with E-state index in [0.717, 1.165) is 22.5 Å². The monoisotopic (exact) mass is 472 g/mol. The maximum Gasteiger partial charge on any atom is 0.250 e. The molecule has 0 aliphatic heterocycles. The molecule has 0 radical (unpaired) electrons. The Bertz CT molecular complexity index is 1090. The first-order valence-corrected chi connectivity index (χ1v) is 12.3. The first-order valence-electron chi connectivity index (χ1n) is 9.95. The molecule has 168 valence electrons. The van der Waals surface area contributed by atoms with Crippen LogP contribution < -0.4 is 10.0 Å². The van der Waals surface area contributed by atoms with E-state index >= 15 is 0 Å². The standard InChI is InChI=1S/C23H24N2O5S2/c26-15-20(14-18-8-3-1-4-9-18)24-23(27)21(17-30-16-19-10-5-2-6-11-19)25-32(28,29)22-12-7-13-31-22/h1-13,15,20-21,25H,14,16-17H2,(H,24,27)/t20-,21+/m0/s1. The molecule has 0 saturated heterocycles. The Kier molecular flexibility index (Phi) is 8.69. The molecule has 9 heteroatoms. The van der Waals surface area contributed by atoms with Crippen molar-refractivity contribution in [2.75, 3.05) is 6.61 Å². The number of hydrogen-bond acceptors (Lipinski definition) is 6. The lowest BCUT2D eigenvalue weighted by atomic mass is 10.1. The van der Waals surface area contributed by atoms with Gasteiger partial charge in [-0.25, -0.2) is 8.42 Å². The van der Waals surface area contributed by atoms with Crippen LogP contribution in [0.1, 0.15) is 11.1 Å². The maximum atomic E-state index is 12.9. The average molecular weight is 473 g/mol. The van der Waals surface area contributed by atoms with Crippen LogP contribution in [-0.2, 0) is 37.4 Å². The molecule has 32 heavy (non-hydrogen) atoms. The van der Waals surface area contributed by atoms with Gasteiger partial charge in [0.2, 0.25) is 5.91 Å². The fraction of sp³-hybridized carbons (Fsp3) is 0.217. The third-order valence-corrected chi connectivity index (χ3v) is 7.43. The molecular weight excluding hydrogens is 448 g/mol. The third-order valence-electron chi connectivity index (χ3n) is 4.56. The van der Waals surface area contributed by atoms with E-state index in [4.69, 9.17) is 4.74 Å². The van der Waals surface area contributed by atoms with Crippen LogP contribution in [0.25, 0.3) is 0 Å². The van der Waals surface area contributed by atoms with Gasteiger partial charge in [-0.15, -0.1) is 11.3 Å². The van der Waals surface area contributed by atoms with Gasteiger partial charge in [-0.3, -0.25) is 4.79 Å². The van der Waals surface area contributed by atoms with Crippen molar-refractivity contribution in [2.24, 2.45) is 0 Å². The molecule has 0 aliphatic rings. The molecule has 1 aromatic heterocycles. The lowest BCUT2D eigenvalue weighted by molar-refractivity contribution is -0.126. The second-order valence-corrected chi connectivity index (χ2v) is 9.94. The molecule has 2 atom stereocenters. The molecule has 1 amide bonds. The van der Waals surface area contributed by atoms with Crippen LogP contribution in [0.3, 0.4) is 0 Å². The van der Waals surface area contributed by atoms with E-state index in [-0.39, 0.29) is 17.4 Å². The van der Waals surface area contributed by atoms with Gasteiger partial charge in [0.15, 0.2) is 0 Å². The molecule has 2 N–H and O–H groups in total. The highest BCUT2D eigenvalue weighted by Crippen LogP contribution is 2.16. The van der Waals surface area contributed by atoms with Gasteiger partial charge in [-0.2, -0.15) is 4.72 Å². The summed E-state index contributed by atoms with van der Waals surface area (Å²) in [7, 11) is -3.92. The van der Waals surface area contributed by atoms with Gasteiger partial charge >= 0.3 is 0 Å². The molecule has 0 saturated carbocycles. The SMILES string of the molecule is O=C[C@H](Cc1ccccc1)NC(=O)[C@@H](COCc1ccccc1)NS(=O)(=O)c1cccs1. The predicted molar refractivity (Wildman–Crippen MR) is 123 cm³/mol. The zero-order valence-corrected chi connectivity index (χ0v) is 18.8. The summed E-state index contributed by atoms with van der Waals surface area (Å²) in [6.45, 7) is 0.0225. The summed E-state index contributed by atoms with van der Waals surface area (Å²) in [5, 5.41) is 4.26. The van der Waals surface area contributed by atoms with Crippen molar-refractivity contribution < 1.29 is 22.7 Å². The first-order chi connectivity index (χ1) is 15.5. The van der Waals surface area contributed by atoms with E-state index in [1.807, 2.05) is 60.7 Å². The van der Waals surface area contributed by atoms with Gasteiger partial charge in [0.1, 0.15) is 16.5 Å². The van der Waals surface area contributed by atoms with Crippen LogP contribution in [-0.4, -0.2) is 39.3 Å². The number of carbonyl (C=O) groups is 2. The smallest absolute Gasteiger partial charge is 0.250 e. The summed E-state index contributed by atoms with van der Waals surface area (Å²) in [5.41, 5.74) is 1.77. The molecule has 0 spiro atoms. The Morgan fingerprint density at radius 2 is 1.62 bits per heavy atom. The average Bonchev–Trinajstić information content (AvgIpc) is 3.35. The Morgan fingerprint density at radius 3 is 2.22 bits per heavy atom. The molecule has 0 aliphatic carbocycles. The number of hydrogen-bond donors (Lipinski definition) is 2. The number of carbonyl (C=O) groups excluding carboxylic acids is 2. The minimum absolute atomic E-state index is 0.0922. The molecular formula is C23H24N2O5S2. The second kappa shape index (κ2) is 11.7. The van der Waals surface area contributed by atoms with Crippen molar-refractivity contribution in [1.82, 2.24) is 10.0 Å². The van der Waals surface area contributed by atoms with Crippen molar-refractivity contribution in [3.05, 3.63) is 89.3 Å². The highest BCUT2D eigenvalue weighted by molar-refractivity contribution is 7.91. The van der Waals surface area contributed by atoms with Crippen LogP contribution in [0.5, 0.6) is 0 Å². The lowest BCUT2D eigenvalue weighted by Crippen LogP contribution is -2.52. The highest BCUT2D eigenvalue weighted by atomic mass is 32.2. The molecule has 0 fully saturated rings. The van der Waals surface area contributed by atoms with E-state index in [1.54, 1.807) is 11.4 Å². The minimum Gasteiger partial charge on any atom is -0.375 e. The van der Waals surface area contributed by atoms with Crippen molar-refractivity contribution >= 4 is 33.6 Å². The van der Waals surface area contributed by atoms with Crippen LogP contribution in [0.4, 0.5) is 0 Å². The van der Waals surface area contributed by atoms with Gasteiger partial charge in [0.05, 0.1) is 19.3 Å². The Morgan fingerprint density at radius 1 is 0.969 bits per heavy atom. The van der Waals surface area contributed by atoms with E-state index in [0.29, 0.717) is 12.7 Å². The molecule has 2 aromatic carbocycles. The zero-order chi connectivity index (χ0) is 22.8. The van der Waals surface area contributed by atoms with Crippen molar-refractivity contribution in [2.45, 2.75) is 29.3 Å². The quantitative estimate of drug-likeness (QED) is 0.395. The van der Waals surface area contributed by atoms with Gasteiger partial charge in [-0.05, 0) is 29.0 Å². The number of amides is 1. The van der Waals surface area contributed by atoms with E-state index in [9.17, 15) is 18.0 Å². The number of sulfonamides is 1. The van der Waals surface area contributed by atoms with E-state index in [1.165, 1.54) is 6.07 Å². The largest absolute Gasteiger partial charge is 0.375 e. The lowest BCUT2D eigenvalue weighted by Gasteiger charge is -2.21. The first kappa shape index (κ1) is 23.8. The molecule has 0 bridgehead atoms. The minimum atomic E-state index is -3.92. The Labute approximate surface area is 191 Å². The highest BCUT2D eigenvalue weighted by Gasteiger charge is 2.28. The van der Waals surface area contributed by atoms with Gasteiger partial charge < -0.3 is 14.8 Å². The topological polar surface area (TPSA) is 102 Å². The van der Waals surface area contributed by atoms with Gasteiger partial charge in [-0.1, -0.05) is 66.7 Å². The van der Waals surface area contributed by atoms with Crippen molar-refractivity contribution in [3.8, 4) is 0 Å². The summed E-state index contributed by atoms with van der Waals surface area (Å²) in [6, 6.07) is 19.6. The van der Waals surface area contributed by atoms with Crippen LogP contribution >= 0.6 is 11.3 Å². The molecule has 3 rings (SSSR count). The van der Waals surface area contributed by atoms with Crippen LogP contribution in [0.2, 0.25) is 0 Å². The van der Waals surface area contributed by atoms with Crippen LogP contribution in [0, 0.1) is 0 Å². The van der Waals surface area contributed by atoms with E-state index < -0.39 is 28.0 Å². The van der Waals surface area contributed by atoms with Crippen LogP contribution in [0.15, 0.2) is 82.4 Å². The second-order valence-electron chi connectivity index (χ2n) is 7.05. The molecule has 0 unspecified atom stereocenters. The predicted octanol–water partition coefficient (Wildman–Crippen LogP) is 2.54. The normalized spacial score (nSPS) is 13.2. The number of benzene rings is 2.